The quantitative estimate of drug-likeness (QED) is 0.788. The van der Waals surface area contributed by atoms with Crippen molar-refractivity contribution in [2.45, 2.75) is 6.42 Å². The highest BCUT2D eigenvalue weighted by atomic mass is 16.4. The number of carboxylic acid groups (broad SMARTS) is 1. The van der Waals surface area contributed by atoms with Crippen LogP contribution in [-0.4, -0.2) is 26.3 Å². The maximum absolute atomic E-state index is 11.1. The topological polar surface area (TPSA) is 89.1 Å². The Bertz CT molecular complexity index is 1020. The fourth-order valence-electron chi connectivity index (χ4n) is 2.71. The van der Waals surface area contributed by atoms with Gasteiger partial charge in [0.05, 0.1) is 11.3 Å². The zero-order valence-electron chi connectivity index (χ0n) is 13.1. The molecule has 0 radical (unpaired) electrons. The normalized spacial score (nSPS) is 12.6. The lowest BCUT2D eigenvalue weighted by molar-refractivity contribution is 0.0697. The number of pyridine rings is 1. The Morgan fingerprint density at radius 3 is 2.88 bits per heavy atom. The molecule has 122 valence electrons. The standard InChI is InChI=1S/C19H13N3O3/c23-19(24)13-6-4-5-12(11-13)17-21-22-18(25-17)15-9-10-20-16-8-3-1-2-7-14(15)16/h1-6,8-11H,7H2,(H,23,24). The van der Waals surface area contributed by atoms with Crippen molar-refractivity contribution >= 4 is 12.0 Å². The summed E-state index contributed by atoms with van der Waals surface area (Å²) >= 11 is 0. The molecule has 6 nitrogen and oxygen atoms in total. The van der Waals surface area contributed by atoms with Gasteiger partial charge in [0.1, 0.15) is 0 Å². The van der Waals surface area contributed by atoms with Crippen LogP contribution in [0, 0.1) is 0 Å². The first-order valence-corrected chi connectivity index (χ1v) is 7.71. The molecule has 0 saturated heterocycles. The number of rotatable bonds is 3. The van der Waals surface area contributed by atoms with Gasteiger partial charge in [0, 0.05) is 17.3 Å². The molecule has 2 aromatic heterocycles. The molecular formula is C19H13N3O3. The Morgan fingerprint density at radius 1 is 1.12 bits per heavy atom. The Labute approximate surface area is 143 Å². The molecule has 1 aromatic carbocycles. The average molecular weight is 331 g/mol. The predicted octanol–water partition coefficient (Wildman–Crippen LogP) is 3.62. The number of hydrogen-bond donors (Lipinski definition) is 1. The smallest absolute Gasteiger partial charge is 0.335 e. The maximum Gasteiger partial charge on any atom is 0.335 e. The van der Waals surface area contributed by atoms with E-state index < -0.39 is 5.97 Å². The van der Waals surface area contributed by atoms with Crippen molar-refractivity contribution in [1.82, 2.24) is 15.2 Å². The van der Waals surface area contributed by atoms with Crippen LogP contribution in [0.2, 0.25) is 0 Å². The zero-order valence-corrected chi connectivity index (χ0v) is 13.1. The highest BCUT2D eigenvalue weighted by Crippen LogP contribution is 2.29. The molecule has 3 aromatic rings. The molecule has 25 heavy (non-hydrogen) atoms. The summed E-state index contributed by atoms with van der Waals surface area (Å²) in [6.07, 6.45) is 10.3. The monoisotopic (exact) mass is 331 g/mol. The summed E-state index contributed by atoms with van der Waals surface area (Å²) < 4.78 is 5.81. The minimum Gasteiger partial charge on any atom is -0.478 e. The molecular weight excluding hydrogens is 318 g/mol. The van der Waals surface area contributed by atoms with Crippen LogP contribution < -0.4 is 0 Å². The van der Waals surface area contributed by atoms with E-state index in [0.717, 1.165) is 23.2 Å². The molecule has 0 atom stereocenters. The molecule has 4 rings (SSSR count). The summed E-state index contributed by atoms with van der Waals surface area (Å²) in [5.74, 6) is -0.332. The van der Waals surface area contributed by atoms with E-state index in [4.69, 9.17) is 9.52 Å². The van der Waals surface area contributed by atoms with Gasteiger partial charge in [0.25, 0.3) is 0 Å². The molecule has 6 heteroatoms. The van der Waals surface area contributed by atoms with E-state index in [0.29, 0.717) is 11.5 Å². The number of aromatic carboxylic acids is 1. The van der Waals surface area contributed by atoms with Crippen LogP contribution in [0.15, 0.2) is 59.2 Å². The third-order valence-electron chi connectivity index (χ3n) is 3.92. The number of aromatic nitrogens is 3. The van der Waals surface area contributed by atoms with E-state index >= 15 is 0 Å². The number of carboxylic acids is 1. The lowest BCUT2D eigenvalue weighted by Crippen LogP contribution is -1.95. The van der Waals surface area contributed by atoms with Gasteiger partial charge in [0.2, 0.25) is 11.8 Å². The van der Waals surface area contributed by atoms with E-state index in [2.05, 4.69) is 15.2 Å². The highest BCUT2D eigenvalue weighted by Gasteiger charge is 2.17. The molecule has 0 spiro atoms. The number of nitrogens with zero attached hydrogens (tertiary/aromatic N) is 3. The molecule has 0 fully saturated rings. The third kappa shape index (κ3) is 2.85. The van der Waals surface area contributed by atoms with Gasteiger partial charge in [-0.2, -0.15) is 0 Å². The fourth-order valence-corrected chi connectivity index (χ4v) is 2.71. The highest BCUT2D eigenvalue weighted by molar-refractivity contribution is 5.89. The molecule has 1 N–H and O–H groups in total. The Hall–Kier alpha value is -3.54. The van der Waals surface area contributed by atoms with E-state index in [9.17, 15) is 4.79 Å². The summed E-state index contributed by atoms with van der Waals surface area (Å²) in [5.41, 5.74) is 3.45. The Morgan fingerprint density at radius 2 is 2.00 bits per heavy atom. The molecule has 2 heterocycles. The van der Waals surface area contributed by atoms with Gasteiger partial charge in [0.15, 0.2) is 0 Å². The first-order valence-electron chi connectivity index (χ1n) is 7.71. The lowest BCUT2D eigenvalue weighted by atomic mass is 10.0. The van der Waals surface area contributed by atoms with Gasteiger partial charge in [-0.15, -0.1) is 10.2 Å². The molecule has 0 bridgehead atoms. The second-order valence-corrected chi connectivity index (χ2v) is 5.51. The van der Waals surface area contributed by atoms with Crippen LogP contribution in [0.5, 0.6) is 0 Å². The Balaban J connectivity index is 1.76. The second-order valence-electron chi connectivity index (χ2n) is 5.51. The van der Waals surface area contributed by atoms with Crippen LogP contribution in [-0.2, 0) is 6.42 Å². The maximum atomic E-state index is 11.1. The van der Waals surface area contributed by atoms with Gasteiger partial charge in [-0.1, -0.05) is 24.3 Å². The van der Waals surface area contributed by atoms with Crippen molar-refractivity contribution in [3.05, 3.63) is 71.6 Å². The lowest BCUT2D eigenvalue weighted by Gasteiger charge is -2.06. The molecule has 0 aliphatic heterocycles. The number of hydrogen-bond acceptors (Lipinski definition) is 5. The SMILES string of the molecule is O=C(O)c1cccc(-c2nnc(-c3ccnc4c3CC=CC=C4)o2)c1. The predicted molar refractivity (Wildman–Crippen MR) is 91.8 cm³/mol. The van der Waals surface area contributed by atoms with E-state index in [1.165, 1.54) is 12.1 Å². The number of allylic oxidation sites excluding steroid dienone is 3. The fraction of sp³-hybridized carbons (Fsp3) is 0.0526. The van der Waals surface area contributed by atoms with Crippen LogP contribution in [0.1, 0.15) is 21.6 Å². The number of fused-ring (bicyclic) bond motifs is 1. The van der Waals surface area contributed by atoms with E-state index in [-0.39, 0.29) is 11.5 Å². The van der Waals surface area contributed by atoms with Gasteiger partial charge >= 0.3 is 5.97 Å². The largest absolute Gasteiger partial charge is 0.478 e. The van der Waals surface area contributed by atoms with E-state index in [1.807, 2.05) is 30.4 Å². The van der Waals surface area contributed by atoms with Gasteiger partial charge in [-0.05, 0) is 42.3 Å². The van der Waals surface area contributed by atoms with Gasteiger partial charge < -0.3 is 9.52 Å². The average Bonchev–Trinajstić information content (AvgIpc) is 3.00. The first-order chi connectivity index (χ1) is 12.2. The summed E-state index contributed by atoms with van der Waals surface area (Å²) in [5, 5.41) is 17.3. The van der Waals surface area contributed by atoms with Crippen LogP contribution in [0.4, 0.5) is 0 Å². The third-order valence-corrected chi connectivity index (χ3v) is 3.92. The van der Waals surface area contributed by atoms with E-state index in [1.54, 1.807) is 18.3 Å². The second kappa shape index (κ2) is 6.16. The van der Waals surface area contributed by atoms with Crippen molar-refractivity contribution in [3.8, 4) is 22.9 Å². The summed E-state index contributed by atoms with van der Waals surface area (Å²) in [7, 11) is 0. The summed E-state index contributed by atoms with van der Waals surface area (Å²) in [6, 6.07) is 8.26. The van der Waals surface area contributed by atoms with Gasteiger partial charge in [-0.25, -0.2) is 4.79 Å². The number of carbonyl (C=O) groups is 1. The van der Waals surface area contributed by atoms with Gasteiger partial charge in [-0.3, -0.25) is 4.98 Å². The zero-order chi connectivity index (χ0) is 17.2. The van der Waals surface area contributed by atoms with Crippen molar-refractivity contribution in [1.29, 1.82) is 0 Å². The van der Waals surface area contributed by atoms with Crippen molar-refractivity contribution in [2.24, 2.45) is 0 Å². The van der Waals surface area contributed by atoms with Crippen molar-refractivity contribution < 1.29 is 14.3 Å². The molecule has 0 amide bonds. The Kier molecular flexibility index (Phi) is 3.70. The molecule has 1 aliphatic rings. The van der Waals surface area contributed by atoms with Crippen LogP contribution in [0.25, 0.3) is 29.0 Å². The summed E-state index contributed by atoms with van der Waals surface area (Å²) in [6.45, 7) is 0. The van der Waals surface area contributed by atoms with Crippen LogP contribution >= 0.6 is 0 Å². The van der Waals surface area contributed by atoms with Crippen molar-refractivity contribution in [2.75, 3.05) is 0 Å². The minimum atomic E-state index is -1.00. The molecule has 0 unspecified atom stereocenters. The van der Waals surface area contributed by atoms with Crippen LogP contribution in [0.3, 0.4) is 0 Å². The molecule has 0 saturated carbocycles. The summed E-state index contributed by atoms with van der Waals surface area (Å²) in [4.78, 5) is 15.5. The van der Waals surface area contributed by atoms with Crippen molar-refractivity contribution in [3.63, 3.8) is 0 Å². The number of benzene rings is 1. The minimum absolute atomic E-state index is 0.172. The first kappa shape index (κ1) is 15.0. The molecule has 1 aliphatic carbocycles.